The molecule has 3 aromatic rings. The first kappa shape index (κ1) is 15.7. The second kappa shape index (κ2) is 6.54. The minimum Gasteiger partial charge on any atom is -0.379 e. The summed E-state index contributed by atoms with van der Waals surface area (Å²) in [7, 11) is 4.00. The van der Waals surface area contributed by atoms with Gasteiger partial charge < -0.3 is 10.2 Å². The Morgan fingerprint density at radius 2 is 1.88 bits per heavy atom. The summed E-state index contributed by atoms with van der Waals surface area (Å²) in [4.78, 5) is 17.1. The Bertz CT molecular complexity index is 876. The topological polar surface area (TPSA) is 71.3 Å². The number of rotatable bonds is 5. The van der Waals surface area contributed by atoms with Crippen LogP contribution in [0.15, 0.2) is 54.7 Å². The highest BCUT2D eigenvalue weighted by atomic mass is 16.6. The number of aromatic nitrogens is 1. The third-order valence-electron chi connectivity index (χ3n) is 3.88. The van der Waals surface area contributed by atoms with E-state index in [0.29, 0.717) is 17.4 Å². The van der Waals surface area contributed by atoms with Crippen molar-refractivity contribution in [2.75, 3.05) is 24.3 Å². The Morgan fingerprint density at radius 3 is 2.54 bits per heavy atom. The fraction of sp³-hybridized carbons (Fsp3) is 0.167. The van der Waals surface area contributed by atoms with Crippen LogP contribution in [0.4, 0.5) is 17.1 Å². The molecule has 1 aromatic heterocycles. The lowest BCUT2D eigenvalue weighted by molar-refractivity contribution is -0.383. The SMILES string of the molecule is CN(C)c1ccc(CNc2ccc([N+](=O)[O-])c3cccnc23)cc1. The second-order valence-electron chi connectivity index (χ2n) is 5.70. The van der Waals surface area contributed by atoms with Gasteiger partial charge >= 0.3 is 0 Å². The lowest BCUT2D eigenvalue weighted by Crippen LogP contribution is -2.08. The van der Waals surface area contributed by atoms with E-state index in [1.165, 1.54) is 6.07 Å². The van der Waals surface area contributed by atoms with Crippen LogP contribution in [0.1, 0.15) is 5.56 Å². The van der Waals surface area contributed by atoms with Crippen LogP contribution < -0.4 is 10.2 Å². The Morgan fingerprint density at radius 1 is 1.12 bits per heavy atom. The average Bonchev–Trinajstić information content (AvgIpc) is 2.59. The summed E-state index contributed by atoms with van der Waals surface area (Å²) in [6.45, 7) is 0.622. The monoisotopic (exact) mass is 322 g/mol. The molecule has 0 aliphatic carbocycles. The van der Waals surface area contributed by atoms with Gasteiger partial charge in [0.1, 0.15) is 5.52 Å². The molecule has 0 atom stereocenters. The number of benzene rings is 2. The van der Waals surface area contributed by atoms with Crippen LogP contribution in [0.2, 0.25) is 0 Å². The molecule has 2 aromatic carbocycles. The summed E-state index contributed by atoms with van der Waals surface area (Å²) in [5.74, 6) is 0. The smallest absolute Gasteiger partial charge is 0.278 e. The molecule has 24 heavy (non-hydrogen) atoms. The predicted molar refractivity (Wildman–Crippen MR) is 96.5 cm³/mol. The summed E-state index contributed by atoms with van der Waals surface area (Å²) in [6, 6.07) is 14.9. The van der Waals surface area contributed by atoms with Gasteiger partial charge in [-0.15, -0.1) is 0 Å². The highest BCUT2D eigenvalue weighted by Crippen LogP contribution is 2.30. The van der Waals surface area contributed by atoms with E-state index in [-0.39, 0.29) is 10.6 Å². The number of nitro benzene ring substituents is 1. The summed E-state index contributed by atoms with van der Waals surface area (Å²) in [5.41, 5.74) is 3.73. The molecule has 0 unspecified atom stereocenters. The molecule has 0 saturated heterocycles. The van der Waals surface area contributed by atoms with Crippen molar-refractivity contribution in [3.63, 3.8) is 0 Å². The van der Waals surface area contributed by atoms with Gasteiger partial charge in [-0.1, -0.05) is 12.1 Å². The number of fused-ring (bicyclic) bond motifs is 1. The quantitative estimate of drug-likeness (QED) is 0.571. The fourth-order valence-corrected chi connectivity index (χ4v) is 2.57. The first-order chi connectivity index (χ1) is 11.6. The largest absolute Gasteiger partial charge is 0.379 e. The molecular formula is C18H18N4O2. The molecule has 0 fully saturated rings. The number of nitrogens with one attached hydrogen (secondary N) is 1. The minimum atomic E-state index is -0.381. The maximum Gasteiger partial charge on any atom is 0.278 e. The zero-order valence-corrected chi connectivity index (χ0v) is 13.6. The van der Waals surface area contributed by atoms with Crippen molar-refractivity contribution in [3.05, 3.63) is 70.4 Å². The zero-order chi connectivity index (χ0) is 17.1. The minimum absolute atomic E-state index is 0.0685. The van der Waals surface area contributed by atoms with Crippen molar-refractivity contribution in [1.82, 2.24) is 4.98 Å². The maximum atomic E-state index is 11.1. The molecule has 0 aliphatic rings. The van der Waals surface area contributed by atoms with Crippen LogP contribution in [0.25, 0.3) is 10.9 Å². The van der Waals surface area contributed by atoms with Gasteiger partial charge in [-0.2, -0.15) is 0 Å². The van der Waals surface area contributed by atoms with Crippen LogP contribution in [0.3, 0.4) is 0 Å². The van der Waals surface area contributed by atoms with Gasteiger partial charge in [0.25, 0.3) is 5.69 Å². The highest BCUT2D eigenvalue weighted by molar-refractivity contribution is 5.96. The molecule has 6 heteroatoms. The van der Waals surface area contributed by atoms with E-state index >= 15 is 0 Å². The molecule has 1 heterocycles. The van der Waals surface area contributed by atoms with Gasteiger partial charge in [-0.25, -0.2) is 0 Å². The van der Waals surface area contributed by atoms with Crippen molar-refractivity contribution < 1.29 is 4.92 Å². The molecule has 0 bridgehead atoms. The van der Waals surface area contributed by atoms with E-state index in [0.717, 1.165) is 16.9 Å². The number of nitrogens with zero attached hydrogens (tertiary/aromatic N) is 3. The van der Waals surface area contributed by atoms with E-state index in [4.69, 9.17) is 0 Å². The second-order valence-corrected chi connectivity index (χ2v) is 5.70. The molecule has 1 N–H and O–H groups in total. The molecule has 6 nitrogen and oxygen atoms in total. The molecule has 3 rings (SSSR count). The molecule has 0 radical (unpaired) electrons. The van der Waals surface area contributed by atoms with Gasteiger partial charge in [-0.05, 0) is 35.9 Å². The van der Waals surface area contributed by atoms with Crippen LogP contribution >= 0.6 is 0 Å². The van der Waals surface area contributed by atoms with Crippen molar-refractivity contribution in [3.8, 4) is 0 Å². The van der Waals surface area contributed by atoms with E-state index in [1.54, 1.807) is 24.4 Å². The van der Waals surface area contributed by atoms with Crippen LogP contribution in [0, 0.1) is 10.1 Å². The Balaban J connectivity index is 1.85. The summed E-state index contributed by atoms with van der Waals surface area (Å²) < 4.78 is 0. The number of nitro groups is 1. The number of hydrogen-bond donors (Lipinski definition) is 1. The molecule has 122 valence electrons. The molecular weight excluding hydrogens is 304 g/mol. The first-order valence-corrected chi connectivity index (χ1v) is 7.58. The zero-order valence-electron chi connectivity index (χ0n) is 13.6. The van der Waals surface area contributed by atoms with Crippen LogP contribution in [-0.4, -0.2) is 24.0 Å². The van der Waals surface area contributed by atoms with Crippen molar-refractivity contribution in [2.24, 2.45) is 0 Å². The summed E-state index contributed by atoms with van der Waals surface area (Å²) >= 11 is 0. The van der Waals surface area contributed by atoms with Gasteiger partial charge in [0.05, 0.1) is 16.0 Å². The van der Waals surface area contributed by atoms with Crippen molar-refractivity contribution >= 4 is 28.0 Å². The standard InChI is InChI=1S/C18H18N4O2/c1-21(2)14-7-5-13(6-8-14)12-20-16-9-10-17(22(23)24)15-4-3-11-19-18(15)16/h3-11,20H,12H2,1-2H3. The predicted octanol–water partition coefficient (Wildman–Crippen LogP) is 3.82. The summed E-state index contributed by atoms with van der Waals surface area (Å²) in [5, 5.41) is 15.0. The van der Waals surface area contributed by atoms with Gasteiger partial charge in [0.2, 0.25) is 0 Å². The Labute approximate surface area is 139 Å². The molecule has 0 spiro atoms. The van der Waals surface area contributed by atoms with E-state index < -0.39 is 0 Å². The highest BCUT2D eigenvalue weighted by Gasteiger charge is 2.14. The van der Waals surface area contributed by atoms with E-state index in [9.17, 15) is 10.1 Å². The van der Waals surface area contributed by atoms with Gasteiger partial charge in [-0.3, -0.25) is 15.1 Å². The lowest BCUT2D eigenvalue weighted by atomic mass is 10.1. The molecule has 0 amide bonds. The van der Waals surface area contributed by atoms with Crippen LogP contribution in [0.5, 0.6) is 0 Å². The van der Waals surface area contributed by atoms with Crippen LogP contribution in [-0.2, 0) is 6.54 Å². The lowest BCUT2D eigenvalue weighted by Gasteiger charge is -2.13. The first-order valence-electron chi connectivity index (χ1n) is 7.58. The number of hydrogen-bond acceptors (Lipinski definition) is 5. The van der Waals surface area contributed by atoms with E-state index in [2.05, 4.69) is 34.6 Å². The normalized spacial score (nSPS) is 10.6. The molecule has 0 aliphatic heterocycles. The third-order valence-corrected chi connectivity index (χ3v) is 3.88. The summed E-state index contributed by atoms with van der Waals surface area (Å²) in [6.07, 6.45) is 1.64. The third kappa shape index (κ3) is 3.12. The van der Waals surface area contributed by atoms with Gasteiger partial charge in [0, 0.05) is 38.6 Å². The van der Waals surface area contributed by atoms with E-state index in [1.807, 2.05) is 19.0 Å². The maximum absolute atomic E-state index is 11.1. The van der Waals surface area contributed by atoms with Crippen molar-refractivity contribution in [1.29, 1.82) is 0 Å². The van der Waals surface area contributed by atoms with Crippen molar-refractivity contribution in [2.45, 2.75) is 6.54 Å². The van der Waals surface area contributed by atoms with Gasteiger partial charge in [0.15, 0.2) is 0 Å². The Kier molecular flexibility index (Phi) is 4.29. The number of anilines is 2. The number of pyridine rings is 1. The average molecular weight is 322 g/mol. The Hall–Kier alpha value is -3.15. The fourth-order valence-electron chi connectivity index (χ4n) is 2.57. The number of non-ortho nitro benzene ring substituents is 1. The molecule has 0 saturated carbocycles.